The fraction of sp³-hybridized carbons (Fsp3) is 1.00. The van der Waals surface area contributed by atoms with Crippen LogP contribution in [0, 0.1) is 0 Å². The minimum atomic E-state index is -3.15. The molecule has 0 bridgehead atoms. The van der Waals surface area contributed by atoms with E-state index in [2.05, 4.69) is 15.9 Å². The highest BCUT2D eigenvalue weighted by Gasteiger charge is 2.33. The van der Waals surface area contributed by atoms with Crippen molar-refractivity contribution in [2.45, 2.75) is 32.4 Å². The zero-order valence-corrected chi connectivity index (χ0v) is 10.8. The molecule has 1 aliphatic heterocycles. The van der Waals surface area contributed by atoms with Crippen molar-refractivity contribution < 1.29 is 13.2 Å². The topological polar surface area (TPSA) is 46.6 Å². The lowest BCUT2D eigenvalue weighted by Gasteiger charge is -2.36. The molecule has 0 aromatic heterocycles. The Morgan fingerprint density at radius 2 is 2.21 bits per heavy atom. The monoisotopic (exact) mass is 285 g/mol. The van der Waals surface area contributed by atoms with Crippen molar-refractivity contribution in [2.24, 2.45) is 0 Å². The largest absolute Gasteiger partial charge is 0.375 e. The van der Waals surface area contributed by atoms with E-state index in [4.69, 9.17) is 4.74 Å². The molecular formula is C8H16BrNO3S. The predicted molar refractivity (Wildman–Crippen MR) is 58.9 cm³/mol. The summed E-state index contributed by atoms with van der Waals surface area (Å²) < 4.78 is 30.4. The quantitative estimate of drug-likeness (QED) is 0.732. The van der Waals surface area contributed by atoms with Gasteiger partial charge in [0.05, 0.1) is 12.7 Å². The Morgan fingerprint density at radius 3 is 2.71 bits per heavy atom. The van der Waals surface area contributed by atoms with E-state index in [0.29, 0.717) is 13.2 Å². The van der Waals surface area contributed by atoms with Crippen molar-refractivity contribution in [2.75, 3.05) is 17.8 Å². The lowest BCUT2D eigenvalue weighted by molar-refractivity contribution is -0.0228. The smallest absolute Gasteiger partial charge is 0.224 e. The van der Waals surface area contributed by atoms with Crippen LogP contribution in [0.15, 0.2) is 0 Å². The van der Waals surface area contributed by atoms with Crippen LogP contribution in [-0.4, -0.2) is 42.7 Å². The summed E-state index contributed by atoms with van der Waals surface area (Å²) in [5.74, 6) is 0. The van der Waals surface area contributed by atoms with Crippen molar-refractivity contribution in [3.8, 4) is 0 Å². The molecule has 0 aromatic carbocycles. The maximum atomic E-state index is 11.7. The van der Waals surface area contributed by atoms with Crippen LogP contribution in [-0.2, 0) is 14.8 Å². The molecule has 2 atom stereocenters. The van der Waals surface area contributed by atoms with Crippen LogP contribution >= 0.6 is 15.9 Å². The number of hydrogen-bond acceptors (Lipinski definition) is 3. The minimum absolute atomic E-state index is 0.00579. The van der Waals surface area contributed by atoms with Gasteiger partial charge in [0.25, 0.3) is 0 Å². The average Bonchev–Trinajstić information content (AvgIpc) is 2.18. The third-order valence-corrected chi connectivity index (χ3v) is 5.56. The first-order chi connectivity index (χ1) is 6.51. The van der Waals surface area contributed by atoms with Crippen molar-refractivity contribution >= 4 is 26.0 Å². The minimum Gasteiger partial charge on any atom is -0.375 e. The predicted octanol–water partition coefficient (Wildman–Crippen LogP) is 1.17. The maximum Gasteiger partial charge on any atom is 0.224 e. The van der Waals surface area contributed by atoms with Gasteiger partial charge in [0.1, 0.15) is 4.66 Å². The van der Waals surface area contributed by atoms with Crippen LogP contribution in [0.5, 0.6) is 0 Å². The summed E-state index contributed by atoms with van der Waals surface area (Å²) in [5.41, 5.74) is 0. The zero-order chi connectivity index (χ0) is 10.8. The summed E-state index contributed by atoms with van der Waals surface area (Å²) in [6, 6.07) is -0.00579. The van der Waals surface area contributed by atoms with E-state index in [1.165, 1.54) is 0 Å². The molecule has 0 aliphatic carbocycles. The lowest BCUT2D eigenvalue weighted by Crippen LogP contribution is -2.51. The fourth-order valence-corrected chi connectivity index (χ4v) is 3.55. The second-order valence-corrected chi connectivity index (χ2v) is 6.72. The Bertz CT molecular complexity index is 280. The first-order valence-electron chi connectivity index (χ1n) is 4.68. The third-order valence-electron chi connectivity index (χ3n) is 2.38. The third kappa shape index (κ3) is 2.68. The highest BCUT2D eigenvalue weighted by molar-refractivity contribution is 9.10. The molecule has 1 rings (SSSR count). The molecule has 0 radical (unpaired) electrons. The Kier molecular flexibility index (Phi) is 4.36. The highest BCUT2D eigenvalue weighted by Crippen LogP contribution is 2.19. The van der Waals surface area contributed by atoms with Crippen LogP contribution in [0.3, 0.4) is 0 Å². The fourth-order valence-electron chi connectivity index (χ4n) is 1.54. The van der Waals surface area contributed by atoms with E-state index >= 15 is 0 Å². The number of alkyl halides is 1. The van der Waals surface area contributed by atoms with Gasteiger partial charge < -0.3 is 4.74 Å². The van der Waals surface area contributed by atoms with E-state index in [1.54, 1.807) is 4.31 Å². The second-order valence-electron chi connectivity index (χ2n) is 3.50. The molecule has 14 heavy (non-hydrogen) atoms. The van der Waals surface area contributed by atoms with Gasteiger partial charge in [-0.1, -0.05) is 22.9 Å². The molecule has 0 N–H and O–H groups in total. The van der Waals surface area contributed by atoms with Crippen LogP contribution < -0.4 is 0 Å². The van der Waals surface area contributed by atoms with Gasteiger partial charge >= 0.3 is 0 Å². The number of nitrogens with zero attached hydrogens (tertiary/aromatic N) is 1. The van der Waals surface area contributed by atoms with Gasteiger partial charge in [0.15, 0.2) is 0 Å². The van der Waals surface area contributed by atoms with Crippen molar-refractivity contribution in [1.82, 2.24) is 4.31 Å². The van der Waals surface area contributed by atoms with Crippen molar-refractivity contribution in [3.63, 3.8) is 0 Å². The summed E-state index contributed by atoms with van der Waals surface area (Å²) in [5, 5.41) is 0. The number of hydrogen-bond donors (Lipinski definition) is 0. The number of halogens is 1. The SMILES string of the molecule is CCC1COC(C)CN1S(=O)(=O)CBr. The molecule has 84 valence electrons. The van der Waals surface area contributed by atoms with Crippen LogP contribution in [0.1, 0.15) is 20.3 Å². The van der Waals surface area contributed by atoms with E-state index in [-0.39, 0.29) is 16.8 Å². The molecular weight excluding hydrogens is 270 g/mol. The molecule has 1 aliphatic rings. The maximum absolute atomic E-state index is 11.7. The van der Waals surface area contributed by atoms with Crippen LogP contribution in [0.2, 0.25) is 0 Å². The van der Waals surface area contributed by atoms with Gasteiger partial charge in [-0.3, -0.25) is 0 Å². The number of sulfonamides is 1. The van der Waals surface area contributed by atoms with E-state index in [0.717, 1.165) is 6.42 Å². The normalized spacial score (nSPS) is 30.5. The highest BCUT2D eigenvalue weighted by atomic mass is 79.9. The van der Waals surface area contributed by atoms with E-state index in [9.17, 15) is 8.42 Å². The van der Waals surface area contributed by atoms with Gasteiger partial charge in [0, 0.05) is 12.6 Å². The van der Waals surface area contributed by atoms with Crippen molar-refractivity contribution in [3.05, 3.63) is 0 Å². The average molecular weight is 286 g/mol. The molecule has 2 unspecified atom stereocenters. The summed E-state index contributed by atoms with van der Waals surface area (Å²) in [4.78, 5) is 0. The Hall–Kier alpha value is 0.350. The van der Waals surface area contributed by atoms with Crippen LogP contribution in [0.4, 0.5) is 0 Å². The Morgan fingerprint density at radius 1 is 1.57 bits per heavy atom. The second kappa shape index (κ2) is 4.92. The number of rotatable bonds is 3. The molecule has 0 aromatic rings. The van der Waals surface area contributed by atoms with Crippen molar-refractivity contribution in [1.29, 1.82) is 0 Å². The standard InChI is InChI=1S/C8H16BrNO3S/c1-3-8-5-13-7(2)4-10(8)14(11,12)6-9/h7-8H,3-6H2,1-2H3. The first kappa shape index (κ1) is 12.4. The molecule has 0 amide bonds. The number of ether oxygens (including phenoxy) is 1. The zero-order valence-electron chi connectivity index (χ0n) is 8.44. The number of morpholine rings is 1. The first-order valence-corrected chi connectivity index (χ1v) is 7.41. The molecule has 1 heterocycles. The molecule has 1 saturated heterocycles. The van der Waals surface area contributed by atoms with E-state index < -0.39 is 10.0 Å². The van der Waals surface area contributed by atoms with Gasteiger partial charge in [-0.05, 0) is 13.3 Å². The Balaban J connectivity index is 2.81. The molecule has 0 spiro atoms. The summed E-state index contributed by atoms with van der Waals surface area (Å²) in [7, 11) is -3.15. The lowest BCUT2D eigenvalue weighted by atomic mass is 10.2. The summed E-state index contributed by atoms with van der Waals surface area (Å²) >= 11 is 3.01. The molecule has 6 heteroatoms. The van der Waals surface area contributed by atoms with Gasteiger partial charge in [0.2, 0.25) is 10.0 Å². The molecule has 1 fully saturated rings. The van der Waals surface area contributed by atoms with Gasteiger partial charge in [-0.2, -0.15) is 4.31 Å². The van der Waals surface area contributed by atoms with Crippen LogP contribution in [0.25, 0.3) is 0 Å². The summed E-state index contributed by atoms with van der Waals surface area (Å²) in [6.45, 7) is 4.83. The summed E-state index contributed by atoms with van der Waals surface area (Å²) in [6.07, 6.45) is 0.783. The molecule has 4 nitrogen and oxygen atoms in total. The Labute approximate surface area is 93.8 Å². The van der Waals surface area contributed by atoms with Gasteiger partial charge in [-0.25, -0.2) is 8.42 Å². The van der Waals surface area contributed by atoms with E-state index in [1.807, 2.05) is 13.8 Å². The molecule has 0 saturated carbocycles. The van der Waals surface area contributed by atoms with Gasteiger partial charge in [-0.15, -0.1) is 0 Å².